The van der Waals surface area contributed by atoms with Gasteiger partial charge in [0, 0.05) is 25.1 Å². The van der Waals surface area contributed by atoms with Crippen molar-refractivity contribution >= 4 is 17.4 Å². The molecule has 0 radical (unpaired) electrons. The van der Waals surface area contributed by atoms with E-state index in [0.717, 1.165) is 24.2 Å². The number of aliphatic hydroxyl groups is 1. The van der Waals surface area contributed by atoms with Gasteiger partial charge in [-0.25, -0.2) is 0 Å². The van der Waals surface area contributed by atoms with Gasteiger partial charge in [-0.15, -0.1) is 0 Å². The number of hydrogen-bond acceptors (Lipinski definition) is 7. The van der Waals surface area contributed by atoms with Crippen LogP contribution < -0.4 is 14.2 Å². The van der Waals surface area contributed by atoms with Gasteiger partial charge in [0.2, 0.25) is 0 Å². The highest BCUT2D eigenvalue weighted by atomic mass is 16.5. The molecule has 0 aromatic heterocycles. The van der Waals surface area contributed by atoms with E-state index < -0.39 is 17.7 Å². The summed E-state index contributed by atoms with van der Waals surface area (Å²) in [6.07, 6.45) is 2.70. The molecule has 38 heavy (non-hydrogen) atoms. The molecule has 2 aromatic rings. The lowest BCUT2D eigenvalue weighted by atomic mass is 9.94. The van der Waals surface area contributed by atoms with Crippen molar-refractivity contribution < 1.29 is 28.9 Å². The van der Waals surface area contributed by atoms with Gasteiger partial charge in [-0.3, -0.25) is 9.59 Å². The predicted molar refractivity (Wildman–Crippen MR) is 146 cm³/mol. The highest BCUT2D eigenvalue weighted by molar-refractivity contribution is 6.46. The fourth-order valence-electron chi connectivity index (χ4n) is 4.90. The van der Waals surface area contributed by atoms with Crippen LogP contribution >= 0.6 is 0 Å². The fourth-order valence-corrected chi connectivity index (χ4v) is 4.90. The molecule has 1 amide bonds. The lowest BCUT2D eigenvalue weighted by Crippen LogP contribution is -2.35. The zero-order valence-electron chi connectivity index (χ0n) is 23.0. The Morgan fingerprint density at radius 2 is 1.89 bits per heavy atom. The van der Waals surface area contributed by atoms with Gasteiger partial charge >= 0.3 is 0 Å². The number of fused-ring (bicyclic) bond motifs is 1. The quantitative estimate of drug-likeness (QED) is 0.200. The molecule has 2 aliphatic heterocycles. The molecule has 0 unspecified atom stereocenters. The smallest absolute Gasteiger partial charge is 0.295 e. The van der Waals surface area contributed by atoms with Crippen LogP contribution in [0.4, 0.5) is 0 Å². The molecule has 0 saturated carbocycles. The van der Waals surface area contributed by atoms with E-state index in [9.17, 15) is 14.7 Å². The molecule has 204 valence electrons. The summed E-state index contributed by atoms with van der Waals surface area (Å²) in [5.41, 5.74) is 2.20. The molecule has 1 fully saturated rings. The van der Waals surface area contributed by atoms with Crippen molar-refractivity contribution in [1.29, 1.82) is 0 Å². The van der Waals surface area contributed by atoms with Gasteiger partial charge in [-0.05, 0) is 75.8 Å². The molecular formula is C30H38N2O6. The van der Waals surface area contributed by atoms with Crippen molar-refractivity contribution in [3.63, 3.8) is 0 Å². The molecule has 2 atom stereocenters. The van der Waals surface area contributed by atoms with E-state index in [1.54, 1.807) is 12.1 Å². The maximum absolute atomic E-state index is 13.4. The third-order valence-corrected chi connectivity index (χ3v) is 6.84. The highest BCUT2D eigenvalue weighted by Gasteiger charge is 2.46. The topological polar surface area (TPSA) is 88.5 Å². The van der Waals surface area contributed by atoms with Crippen LogP contribution in [0.25, 0.3) is 5.76 Å². The monoisotopic (exact) mass is 522 g/mol. The second-order valence-electron chi connectivity index (χ2n) is 10.1. The number of aliphatic hydroxyl groups excluding tert-OH is 1. The van der Waals surface area contributed by atoms with Crippen LogP contribution in [-0.4, -0.2) is 73.1 Å². The average molecular weight is 523 g/mol. The predicted octanol–water partition coefficient (Wildman–Crippen LogP) is 4.57. The van der Waals surface area contributed by atoms with E-state index in [0.29, 0.717) is 55.4 Å². The summed E-state index contributed by atoms with van der Waals surface area (Å²) in [5, 5.41) is 11.5. The zero-order chi connectivity index (χ0) is 27.4. The number of carbonyl (C=O) groups is 2. The Bertz CT molecular complexity index is 1220. The Morgan fingerprint density at radius 1 is 1.11 bits per heavy atom. The standard InChI is InChI=1S/C30H38N2O6/c1-6-8-15-37-24-12-9-20(18-25(24)36-7-2)27-26(29(34)30(35)32(27)14-13-31(4)5)28(33)21-10-11-23-22(17-21)16-19(3)38-23/h9-12,17-19,27,33H,6-8,13-16H2,1-5H3/t19-,27-/m0/s1. The lowest BCUT2D eigenvalue weighted by Gasteiger charge is -2.27. The van der Waals surface area contributed by atoms with Gasteiger partial charge in [0.25, 0.3) is 11.7 Å². The van der Waals surface area contributed by atoms with E-state index in [-0.39, 0.29) is 17.4 Å². The molecule has 2 aromatic carbocycles. The second kappa shape index (κ2) is 11.9. The van der Waals surface area contributed by atoms with Crippen LogP contribution in [0.15, 0.2) is 42.0 Å². The van der Waals surface area contributed by atoms with Crippen molar-refractivity contribution in [3.8, 4) is 17.2 Å². The Labute approximate surface area is 224 Å². The molecule has 4 rings (SSSR count). The summed E-state index contributed by atoms with van der Waals surface area (Å²) >= 11 is 0. The van der Waals surface area contributed by atoms with Gasteiger partial charge in [-0.2, -0.15) is 0 Å². The molecule has 1 saturated heterocycles. The van der Waals surface area contributed by atoms with Crippen LogP contribution in [-0.2, 0) is 16.0 Å². The van der Waals surface area contributed by atoms with Gasteiger partial charge in [-0.1, -0.05) is 19.4 Å². The molecule has 8 heteroatoms. The van der Waals surface area contributed by atoms with Crippen molar-refractivity contribution in [2.75, 3.05) is 40.4 Å². The van der Waals surface area contributed by atoms with Gasteiger partial charge in [0.05, 0.1) is 24.8 Å². The zero-order valence-corrected chi connectivity index (χ0v) is 23.0. The molecule has 0 spiro atoms. The molecule has 2 heterocycles. The van der Waals surface area contributed by atoms with Crippen molar-refractivity contribution in [2.45, 2.75) is 52.2 Å². The molecule has 2 aliphatic rings. The van der Waals surface area contributed by atoms with Gasteiger partial charge in [0.15, 0.2) is 11.5 Å². The maximum atomic E-state index is 13.4. The Kier molecular flexibility index (Phi) is 8.62. The number of ketones is 1. The van der Waals surface area contributed by atoms with E-state index in [4.69, 9.17) is 14.2 Å². The number of rotatable bonds is 11. The second-order valence-corrected chi connectivity index (χ2v) is 10.1. The van der Waals surface area contributed by atoms with Crippen LogP contribution in [0.5, 0.6) is 17.2 Å². The number of amides is 1. The Balaban J connectivity index is 1.80. The van der Waals surface area contributed by atoms with E-state index in [1.165, 1.54) is 4.90 Å². The normalized spacial score (nSPS) is 20.1. The number of likely N-dealkylation sites (N-methyl/N-ethyl adjacent to an activating group) is 1. The van der Waals surface area contributed by atoms with E-state index >= 15 is 0 Å². The number of benzene rings is 2. The number of carbonyl (C=O) groups excluding carboxylic acids is 2. The first-order valence-electron chi connectivity index (χ1n) is 13.4. The molecule has 1 N–H and O–H groups in total. The van der Waals surface area contributed by atoms with E-state index in [2.05, 4.69) is 6.92 Å². The number of nitrogens with zero attached hydrogens (tertiary/aromatic N) is 2. The first kappa shape index (κ1) is 27.5. The summed E-state index contributed by atoms with van der Waals surface area (Å²) in [4.78, 5) is 30.1. The largest absolute Gasteiger partial charge is 0.507 e. The van der Waals surface area contributed by atoms with Gasteiger partial charge in [0.1, 0.15) is 17.6 Å². The third kappa shape index (κ3) is 5.65. The summed E-state index contributed by atoms with van der Waals surface area (Å²) in [6.45, 7) is 7.87. The first-order chi connectivity index (χ1) is 18.2. The van der Waals surface area contributed by atoms with Crippen LogP contribution in [0.3, 0.4) is 0 Å². The molecular weight excluding hydrogens is 484 g/mol. The summed E-state index contributed by atoms with van der Waals surface area (Å²) in [6, 6.07) is 10.1. The molecule has 0 aliphatic carbocycles. The maximum Gasteiger partial charge on any atom is 0.295 e. The molecule has 0 bridgehead atoms. The summed E-state index contributed by atoms with van der Waals surface area (Å²) < 4.78 is 17.6. The Morgan fingerprint density at radius 3 is 2.61 bits per heavy atom. The van der Waals surface area contributed by atoms with Crippen LogP contribution in [0, 0.1) is 0 Å². The number of likely N-dealkylation sites (tertiary alicyclic amines) is 1. The average Bonchev–Trinajstić information content (AvgIpc) is 3.38. The van der Waals surface area contributed by atoms with E-state index in [1.807, 2.05) is 57.1 Å². The minimum absolute atomic E-state index is 0.0501. The first-order valence-corrected chi connectivity index (χ1v) is 13.4. The van der Waals surface area contributed by atoms with Crippen molar-refractivity contribution in [2.24, 2.45) is 0 Å². The molecule has 8 nitrogen and oxygen atoms in total. The number of Topliss-reactive ketones (excluding diaryl/α,β-unsaturated/α-hetero) is 1. The number of ether oxygens (including phenoxy) is 3. The lowest BCUT2D eigenvalue weighted by molar-refractivity contribution is -0.140. The summed E-state index contributed by atoms with van der Waals surface area (Å²) in [5.74, 6) is 0.418. The fraction of sp³-hybridized carbons (Fsp3) is 0.467. The highest BCUT2D eigenvalue weighted by Crippen LogP contribution is 2.42. The van der Waals surface area contributed by atoms with Crippen LogP contribution in [0.1, 0.15) is 56.3 Å². The SMILES string of the molecule is CCCCOc1ccc([C@H]2C(=C(O)c3ccc4c(c3)C[C@H](C)O4)C(=O)C(=O)N2CCN(C)C)cc1OCC. The van der Waals surface area contributed by atoms with Crippen molar-refractivity contribution in [3.05, 3.63) is 58.7 Å². The number of unbranched alkanes of at least 4 members (excludes halogenated alkanes) is 1. The number of hydrogen-bond donors (Lipinski definition) is 1. The minimum Gasteiger partial charge on any atom is -0.507 e. The van der Waals surface area contributed by atoms with Crippen molar-refractivity contribution in [1.82, 2.24) is 9.80 Å². The van der Waals surface area contributed by atoms with Crippen LogP contribution in [0.2, 0.25) is 0 Å². The third-order valence-electron chi connectivity index (χ3n) is 6.84. The Hall–Kier alpha value is -3.52. The minimum atomic E-state index is -0.762. The summed E-state index contributed by atoms with van der Waals surface area (Å²) in [7, 11) is 3.82. The van der Waals surface area contributed by atoms with Gasteiger partial charge < -0.3 is 29.1 Å².